The Hall–Kier alpha value is -3.15. The number of hydrogen-bond acceptors (Lipinski definition) is 5. The summed E-state index contributed by atoms with van der Waals surface area (Å²) >= 11 is 0. The molecule has 0 N–H and O–H groups in total. The van der Waals surface area contributed by atoms with Crippen LogP contribution in [0.3, 0.4) is 0 Å². The number of hydrogen-bond donors (Lipinski definition) is 0. The van der Waals surface area contributed by atoms with E-state index < -0.39 is 0 Å². The average molecular weight is 390 g/mol. The molecule has 1 aliphatic rings. The average Bonchev–Trinajstić information content (AvgIpc) is 3.35. The van der Waals surface area contributed by atoms with Crippen LogP contribution in [0.1, 0.15) is 43.6 Å². The number of aromatic nitrogens is 2. The van der Waals surface area contributed by atoms with Crippen LogP contribution in [0.25, 0.3) is 11.4 Å². The van der Waals surface area contributed by atoms with Gasteiger partial charge < -0.3 is 14.3 Å². The van der Waals surface area contributed by atoms with E-state index in [0.717, 1.165) is 16.9 Å². The van der Waals surface area contributed by atoms with Gasteiger partial charge in [0, 0.05) is 44.0 Å². The molecule has 0 saturated carbocycles. The van der Waals surface area contributed by atoms with Gasteiger partial charge in [-0.2, -0.15) is 4.98 Å². The van der Waals surface area contributed by atoms with E-state index in [-0.39, 0.29) is 11.8 Å². The monoisotopic (exact) mass is 390 g/mol. The van der Waals surface area contributed by atoms with Crippen molar-refractivity contribution >= 4 is 17.3 Å². The van der Waals surface area contributed by atoms with Crippen LogP contribution in [0.15, 0.2) is 53.1 Å². The van der Waals surface area contributed by atoms with Gasteiger partial charge in [-0.15, -0.1) is 0 Å². The summed E-state index contributed by atoms with van der Waals surface area (Å²) in [6.07, 6.45) is 0.382. The first-order valence-electron chi connectivity index (χ1n) is 9.94. The van der Waals surface area contributed by atoms with Crippen LogP contribution < -0.4 is 9.80 Å². The smallest absolute Gasteiger partial charge is 0.232 e. The molecule has 1 atom stereocenters. The van der Waals surface area contributed by atoms with Gasteiger partial charge in [0.25, 0.3) is 0 Å². The first-order chi connectivity index (χ1) is 13.9. The molecular formula is C23H26N4O2. The quantitative estimate of drug-likeness (QED) is 0.644. The van der Waals surface area contributed by atoms with Crippen molar-refractivity contribution in [1.82, 2.24) is 10.1 Å². The lowest BCUT2D eigenvalue weighted by atomic mass is 10.0. The van der Waals surface area contributed by atoms with Crippen LogP contribution in [0, 0.1) is 0 Å². The van der Waals surface area contributed by atoms with Gasteiger partial charge in [0.1, 0.15) is 0 Å². The molecule has 4 rings (SSSR count). The van der Waals surface area contributed by atoms with Gasteiger partial charge in [0.2, 0.25) is 17.6 Å². The fraction of sp³-hybridized carbons (Fsp3) is 0.348. The Kier molecular flexibility index (Phi) is 5.09. The highest BCUT2D eigenvalue weighted by Gasteiger charge is 2.35. The Balaban J connectivity index is 1.49. The van der Waals surface area contributed by atoms with Crippen LogP contribution in [-0.2, 0) is 4.79 Å². The van der Waals surface area contributed by atoms with E-state index in [9.17, 15) is 4.79 Å². The summed E-state index contributed by atoms with van der Waals surface area (Å²) in [5, 5.41) is 4.13. The highest BCUT2D eigenvalue weighted by atomic mass is 16.5. The molecule has 6 heteroatoms. The summed E-state index contributed by atoms with van der Waals surface area (Å²) in [7, 11) is 4.00. The lowest BCUT2D eigenvalue weighted by molar-refractivity contribution is -0.117. The molecule has 0 spiro atoms. The molecule has 29 heavy (non-hydrogen) atoms. The second-order valence-corrected chi connectivity index (χ2v) is 8.05. The van der Waals surface area contributed by atoms with Gasteiger partial charge in [0.15, 0.2) is 0 Å². The predicted molar refractivity (Wildman–Crippen MR) is 114 cm³/mol. The summed E-state index contributed by atoms with van der Waals surface area (Å²) in [6.45, 7) is 4.88. The van der Waals surface area contributed by atoms with Crippen LogP contribution in [0.4, 0.5) is 11.4 Å². The number of benzene rings is 2. The molecule has 2 heterocycles. The van der Waals surface area contributed by atoms with E-state index in [2.05, 4.69) is 36.1 Å². The minimum absolute atomic E-state index is 0.0855. The normalized spacial score (nSPS) is 16.7. The molecule has 1 fully saturated rings. The molecule has 0 unspecified atom stereocenters. The second kappa shape index (κ2) is 7.70. The highest BCUT2D eigenvalue weighted by Crippen LogP contribution is 2.32. The lowest BCUT2D eigenvalue weighted by Crippen LogP contribution is -2.24. The minimum Gasteiger partial charge on any atom is -0.378 e. The van der Waals surface area contributed by atoms with Crippen LogP contribution >= 0.6 is 0 Å². The molecule has 0 aliphatic carbocycles. The van der Waals surface area contributed by atoms with Crippen molar-refractivity contribution in [3.8, 4) is 11.4 Å². The zero-order valence-electron chi connectivity index (χ0n) is 17.3. The predicted octanol–water partition coefficient (Wildman–Crippen LogP) is 4.45. The Morgan fingerprint density at radius 1 is 1.07 bits per heavy atom. The maximum atomic E-state index is 12.6. The number of carbonyl (C=O) groups is 1. The Morgan fingerprint density at radius 2 is 1.76 bits per heavy atom. The largest absolute Gasteiger partial charge is 0.378 e. The molecule has 1 amide bonds. The van der Waals surface area contributed by atoms with Gasteiger partial charge >= 0.3 is 0 Å². The van der Waals surface area contributed by atoms with Crippen molar-refractivity contribution in [2.45, 2.75) is 32.1 Å². The number of rotatable bonds is 5. The first-order valence-corrected chi connectivity index (χ1v) is 9.94. The molecule has 0 radical (unpaired) electrons. The standard InChI is InChI=1S/C23H26N4O2/c1-15(2)16-5-11-20(12-6-16)27-14-18(13-21(27)28)23-24-22(25-29-23)17-7-9-19(10-8-17)26(3)4/h5-12,15,18H,13-14H2,1-4H3/t18-/m0/s1. The van der Waals surface area contributed by atoms with E-state index in [0.29, 0.717) is 30.6 Å². The maximum absolute atomic E-state index is 12.6. The molecular weight excluding hydrogens is 364 g/mol. The Morgan fingerprint density at radius 3 is 2.38 bits per heavy atom. The maximum Gasteiger partial charge on any atom is 0.232 e. The third-order valence-corrected chi connectivity index (χ3v) is 5.43. The summed E-state index contributed by atoms with van der Waals surface area (Å²) in [5.74, 6) is 1.54. The summed E-state index contributed by atoms with van der Waals surface area (Å²) in [6, 6.07) is 16.2. The molecule has 0 bridgehead atoms. The number of nitrogens with zero attached hydrogens (tertiary/aromatic N) is 4. The van der Waals surface area contributed by atoms with E-state index in [1.54, 1.807) is 0 Å². The summed E-state index contributed by atoms with van der Waals surface area (Å²) < 4.78 is 5.51. The number of amides is 1. The van der Waals surface area contributed by atoms with Gasteiger partial charge in [-0.1, -0.05) is 31.1 Å². The summed E-state index contributed by atoms with van der Waals surface area (Å²) in [4.78, 5) is 21.0. The van der Waals surface area contributed by atoms with Gasteiger partial charge in [-0.25, -0.2) is 0 Å². The minimum atomic E-state index is -0.0884. The Bertz CT molecular complexity index is 990. The second-order valence-electron chi connectivity index (χ2n) is 8.05. The molecule has 1 aliphatic heterocycles. The third-order valence-electron chi connectivity index (χ3n) is 5.43. The first kappa shape index (κ1) is 19.2. The van der Waals surface area contributed by atoms with Crippen LogP contribution in [-0.4, -0.2) is 36.7 Å². The Labute approximate surface area is 171 Å². The van der Waals surface area contributed by atoms with E-state index >= 15 is 0 Å². The van der Waals surface area contributed by atoms with Gasteiger partial charge in [0.05, 0.1) is 5.92 Å². The van der Waals surface area contributed by atoms with Crippen molar-refractivity contribution < 1.29 is 9.32 Å². The molecule has 3 aromatic rings. The van der Waals surface area contributed by atoms with Crippen molar-refractivity contribution in [2.75, 3.05) is 30.4 Å². The van der Waals surface area contributed by atoms with Gasteiger partial charge in [-0.3, -0.25) is 4.79 Å². The van der Waals surface area contributed by atoms with Gasteiger partial charge in [-0.05, 0) is 47.9 Å². The highest BCUT2D eigenvalue weighted by molar-refractivity contribution is 5.96. The number of anilines is 2. The molecule has 1 saturated heterocycles. The van der Waals surface area contributed by atoms with E-state index in [4.69, 9.17) is 4.52 Å². The summed E-state index contributed by atoms with van der Waals surface area (Å²) in [5.41, 5.74) is 4.19. The zero-order chi connectivity index (χ0) is 20.5. The zero-order valence-corrected chi connectivity index (χ0v) is 17.3. The van der Waals surface area contributed by atoms with Crippen molar-refractivity contribution in [2.24, 2.45) is 0 Å². The number of carbonyl (C=O) groups excluding carboxylic acids is 1. The molecule has 1 aromatic heterocycles. The van der Waals surface area contributed by atoms with Crippen LogP contribution in [0.2, 0.25) is 0 Å². The third kappa shape index (κ3) is 3.88. The van der Waals surface area contributed by atoms with Crippen LogP contribution in [0.5, 0.6) is 0 Å². The topological polar surface area (TPSA) is 62.5 Å². The lowest BCUT2D eigenvalue weighted by Gasteiger charge is -2.17. The molecule has 6 nitrogen and oxygen atoms in total. The molecule has 150 valence electrons. The molecule has 2 aromatic carbocycles. The van der Waals surface area contributed by atoms with E-state index in [1.807, 2.05) is 60.3 Å². The van der Waals surface area contributed by atoms with Crippen molar-refractivity contribution in [3.63, 3.8) is 0 Å². The van der Waals surface area contributed by atoms with E-state index in [1.165, 1.54) is 5.56 Å². The fourth-order valence-electron chi connectivity index (χ4n) is 3.59. The fourth-order valence-corrected chi connectivity index (χ4v) is 3.59. The van der Waals surface area contributed by atoms with Crippen molar-refractivity contribution in [1.29, 1.82) is 0 Å². The van der Waals surface area contributed by atoms with Crippen molar-refractivity contribution in [3.05, 3.63) is 60.0 Å². The SMILES string of the molecule is CC(C)c1ccc(N2C[C@@H](c3nc(-c4ccc(N(C)C)cc4)no3)CC2=O)cc1.